The molecular weight excluding hydrogens is 214 g/mol. The van der Waals surface area contributed by atoms with Crippen LogP contribution in [-0.2, 0) is 4.74 Å². The Hall–Kier alpha value is -1.09. The van der Waals surface area contributed by atoms with E-state index in [0.29, 0.717) is 19.1 Å². The van der Waals surface area contributed by atoms with Crippen LogP contribution in [0.1, 0.15) is 46.2 Å². The molecule has 96 valence electrons. The van der Waals surface area contributed by atoms with Gasteiger partial charge in [-0.1, -0.05) is 13.8 Å². The number of rotatable bonds is 5. The van der Waals surface area contributed by atoms with Crippen molar-refractivity contribution in [3.63, 3.8) is 0 Å². The summed E-state index contributed by atoms with van der Waals surface area (Å²) in [5, 5.41) is 0. The minimum atomic E-state index is -0.112. The second-order valence-corrected chi connectivity index (χ2v) is 5.35. The minimum absolute atomic E-state index is 0.112. The first-order chi connectivity index (χ1) is 7.90. The van der Waals surface area contributed by atoms with Gasteiger partial charge in [-0.05, 0) is 38.8 Å². The first-order valence-corrected chi connectivity index (χ1v) is 6.12. The molecule has 1 aromatic rings. The highest BCUT2D eigenvalue weighted by molar-refractivity contribution is 5.29. The quantitative estimate of drug-likeness (QED) is 0.735. The fourth-order valence-corrected chi connectivity index (χ4v) is 1.46. The lowest BCUT2D eigenvalue weighted by Crippen LogP contribution is -2.22. The maximum Gasteiger partial charge on any atom is 0.141 e. The van der Waals surface area contributed by atoms with Gasteiger partial charge in [0, 0.05) is 6.20 Å². The van der Waals surface area contributed by atoms with E-state index in [1.165, 1.54) is 0 Å². The molecule has 0 fully saturated rings. The van der Waals surface area contributed by atoms with Gasteiger partial charge in [0.2, 0.25) is 0 Å². The molecule has 0 N–H and O–H groups in total. The van der Waals surface area contributed by atoms with Gasteiger partial charge in [0.15, 0.2) is 0 Å². The van der Waals surface area contributed by atoms with E-state index in [9.17, 15) is 0 Å². The average molecular weight is 237 g/mol. The van der Waals surface area contributed by atoms with E-state index in [4.69, 9.17) is 9.47 Å². The van der Waals surface area contributed by atoms with E-state index in [-0.39, 0.29) is 5.60 Å². The molecule has 1 rings (SSSR count). The molecule has 17 heavy (non-hydrogen) atoms. The number of aromatic nitrogens is 1. The van der Waals surface area contributed by atoms with Gasteiger partial charge in [0.05, 0.1) is 17.9 Å². The zero-order valence-corrected chi connectivity index (χ0v) is 11.5. The van der Waals surface area contributed by atoms with Gasteiger partial charge in [-0.3, -0.25) is 4.98 Å². The van der Waals surface area contributed by atoms with E-state index in [2.05, 4.69) is 18.8 Å². The first kappa shape index (κ1) is 14.0. The highest BCUT2D eigenvalue weighted by atomic mass is 16.5. The Kier molecular flexibility index (Phi) is 4.94. The second kappa shape index (κ2) is 6.01. The van der Waals surface area contributed by atoms with Crippen molar-refractivity contribution in [3.8, 4) is 5.75 Å². The predicted octanol–water partition coefficient (Wildman–Crippen LogP) is 3.40. The van der Waals surface area contributed by atoms with Crippen LogP contribution in [0.2, 0.25) is 0 Å². The molecular formula is C14H23NO2. The normalized spacial score (nSPS) is 11.9. The van der Waals surface area contributed by atoms with Crippen molar-refractivity contribution < 1.29 is 9.47 Å². The van der Waals surface area contributed by atoms with Crippen molar-refractivity contribution >= 4 is 0 Å². The van der Waals surface area contributed by atoms with Gasteiger partial charge in [-0.15, -0.1) is 0 Å². The summed E-state index contributed by atoms with van der Waals surface area (Å²) in [6.45, 7) is 11.5. The fourth-order valence-electron chi connectivity index (χ4n) is 1.46. The first-order valence-electron chi connectivity index (χ1n) is 6.12. The van der Waals surface area contributed by atoms with E-state index >= 15 is 0 Å². The van der Waals surface area contributed by atoms with Crippen molar-refractivity contribution in [2.24, 2.45) is 0 Å². The lowest BCUT2D eigenvalue weighted by atomic mass is 10.1. The van der Waals surface area contributed by atoms with Crippen LogP contribution in [0.4, 0.5) is 0 Å². The lowest BCUT2D eigenvalue weighted by Gasteiger charge is -2.20. The van der Waals surface area contributed by atoms with Crippen LogP contribution in [0.25, 0.3) is 0 Å². The number of nitrogens with zero attached hydrogens (tertiary/aromatic N) is 1. The highest BCUT2D eigenvalue weighted by Crippen LogP contribution is 2.23. The van der Waals surface area contributed by atoms with Crippen molar-refractivity contribution in [1.82, 2.24) is 4.98 Å². The summed E-state index contributed by atoms with van der Waals surface area (Å²) >= 11 is 0. The van der Waals surface area contributed by atoms with E-state index < -0.39 is 0 Å². The van der Waals surface area contributed by atoms with Gasteiger partial charge in [0.25, 0.3) is 0 Å². The molecule has 1 aromatic heterocycles. The molecule has 0 aliphatic heterocycles. The van der Waals surface area contributed by atoms with Gasteiger partial charge in [0.1, 0.15) is 12.4 Å². The maximum atomic E-state index is 5.71. The van der Waals surface area contributed by atoms with Crippen LogP contribution < -0.4 is 4.74 Å². The summed E-state index contributed by atoms with van der Waals surface area (Å²) in [6, 6.07) is 3.85. The average Bonchev–Trinajstić information content (AvgIpc) is 2.23. The Bertz CT molecular complexity index is 342. The zero-order valence-electron chi connectivity index (χ0n) is 11.5. The van der Waals surface area contributed by atoms with Crippen LogP contribution in [0, 0.1) is 0 Å². The van der Waals surface area contributed by atoms with E-state index in [1.807, 2.05) is 32.9 Å². The van der Waals surface area contributed by atoms with Crippen molar-refractivity contribution in [2.45, 2.75) is 46.1 Å². The Morgan fingerprint density at radius 3 is 2.53 bits per heavy atom. The molecule has 0 radical (unpaired) electrons. The number of hydrogen-bond donors (Lipinski definition) is 0. The highest BCUT2D eigenvalue weighted by Gasteiger charge is 2.11. The Balaban J connectivity index is 2.47. The van der Waals surface area contributed by atoms with Crippen LogP contribution in [-0.4, -0.2) is 23.8 Å². The molecule has 3 nitrogen and oxygen atoms in total. The van der Waals surface area contributed by atoms with Crippen LogP contribution in [0.5, 0.6) is 5.75 Å². The largest absolute Gasteiger partial charge is 0.489 e. The maximum absolute atomic E-state index is 5.71. The third kappa shape index (κ3) is 5.18. The molecule has 0 aromatic carbocycles. The topological polar surface area (TPSA) is 31.4 Å². The van der Waals surface area contributed by atoms with E-state index in [1.54, 1.807) is 6.20 Å². The molecule has 0 bridgehead atoms. The zero-order chi connectivity index (χ0) is 12.9. The summed E-state index contributed by atoms with van der Waals surface area (Å²) in [5.41, 5.74) is 0.891. The summed E-state index contributed by atoms with van der Waals surface area (Å²) < 4.78 is 11.3. The molecule has 0 aliphatic rings. The molecule has 0 atom stereocenters. The van der Waals surface area contributed by atoms with Crippen LogP contribution in [0.3, 0.4) is 0 Å². The van der Waals surface area contributed by atoms with Crippen molar-refractivity contribution in [2.75, 3.05) is 13.2 Å². The monoisotopic (exact) mass is 237 g/mol. The summed E-state index contributed by atoms with van der Waals surface area (Å²) in [5.74, 6) is 1.23. The molecule has 1 heterocycles. The standard InChI is InChI=1S/C14H23NO2/c1-11(2)13-12(7-6-8-15-13)16-9-10-17-14(3,4)5/h6-8,11H,9-10H2,1-5H3. The number of pyridine rings is 1. The third-order valence-corrected chi connectivity index (χ3v) is 2.22. The molecule has 0 amide bonds. The minimum Gasteiger partial charge on any atom is -0.489 e. The molecule has 0 aliphatic carbocycles. The van der Waals surface area contributed by atoms with Gasteiger partial charge in [-0.2, -0.15) is 0 Å². The van der Waals surface area contributed by atoms with Gasteiger partial charge < -0.3 is 9.47 Å². The van der Waals surface area contributed by atoms with Gasteiger partial charge in [-0.25, -0.2) is 0 Å². The second-order valence-electron chi connectivity index (χ2n) is 5.35. The molecule has 0 unspecified atom stereocenters. The molecule has 0 saturated heterocycles. The van der Waals surface area contributed by atoms with Crippen LogP contribution in [0.15, 0.2) is 18.3 Å². The smallest absolute Gasteiger partial charge is 0.141 e. The SMILES string of the molecule is CC(C)c1ncccc1OCCOC(C)(C)C. The van der Waals surface area contributed by atoms with Crippen molar-refractivity contribution in [3.05, 3.63) is 24.0 Å². The molecule has 0 saturated carbocycles. The summed E-state index contributed by atoms with van der Waals surface area (Å²) in [4.78, 5) is 4.34. The Labute approximate surface area is 104 Å². The fraction of sp³-hybridized carbons (Fsp3) is 0.643. The van der Waals surface area contributed by atoms with Crippen molar-refractivity contribution in [1.29, 1.82) is 0 Å². The summed E-state index contributed by atoms with van der Waals surface area (Å²) in [6.07, 6.45) is 1.80. The number of hydrogen-bond acceptors (Lipinski definition) is 3. The Morgan fingerprint density at radius 2 is 1.94 bits per heavy atom. The van der Waals surface area contributed by atoms with E-state index in [0.717, 1.165) is 11.4 Å². The third-order valence-electron chi connectivity index (χ3n) is 2.22. The molecule has 3 heteroatoms. The molecule has 0 spiro atoms. The number of ether oxygens (including phenoxy) is 2. The van der Waals surface area contributed by atoms with Gasteiger partial charge >= 0.3 is 0 Å². The van der Waals surface area contributed by atoms with Crippen LogP contribution >= 0.6 is 0 Å². The lowest BCUT2D eigenvalue weighted by molar-refractivity contribution is -0.0164. The predicted molar refractivity (Wildman–Crippen MR) is 69.5 cm³/mol. The Morgan fingerprint density at radius 1 is 1.24 bits per heavy atom. The summed E-state index contributed by atoms with van der Waals surface area (Å²) in [7, 11) is 0.